The third-order valence-electron chi connectivity index (χ3n) is 3.10. The molecule has 15 heavy (non-hydrogen) atoms. The highest BCUT2D eigenvalue weighted by Gasteiger charge is 2.41. The highest BCUT2D eigenvalue weighted by atomic mass is 32.2. The van der Waals surface area contributed by atoms with E-state index in [-0.39, 0.29) is 11.6 Å². The van der Waals surface area contributed by atoms with Crippen LogP contribution in [0.4, 0.5) is 0 Å². The molecular weight excluding hydrogens is 216 g/mol. The third-order valence-corrected chi connectivity index (χ3v) is 3.87. The van der Waals surface area contributed by atoms with Crippen molar-refractivity contribution in [1.82, 2.24) is 10.0 Å². The largest absolute Gasteiger partial charge is 0.373 e. The number of sulfonamides is 1. The Bertz CT molecular complexity index is 322. The first kappa shape index (κ1) is 11.3. The van der Waals surface area contributed by atoms with E-state index in [1.807, 2.05) is 0 Å². The smallest absolute Gasteiger partial charge is 0.209 e. The average molecular weight is 234 g/mol. The Morgan fingerprint density at radius 1 is 1.40 bits per heavy atom. The monoisotopic (exact) mass is 234 g/mol. The van der Waals surface area contributed by atoms with Gasteiger partial charge in [-0.1, -0.05) is 0 Å². The van der Waals surface area contributed by atoms with Crippen LogP contribution in [0.5, 0.6) is 0 Å². The Labute approximate surface area is 90.6 Å². The van der Waals surface area contributed by atoms with E-state index in [0.29, 0.717) is 6.61 Å². The molecule has 1 atom stereocenters. The number of piperidine rings is 1. The first-order chi connectivity index (χ1) is 6.99. The SMILES string of the molecule is CS(=O)(=O)N[C@H]1COC2(CCNCC2)C1. The second-order valence-corrected chi connectivity index (χ2v) is 6.32. The van der Waals surface area contributed by atoms with Crippen LogP contribution in [0.15, 0.2) is 0 Å². The molecule has 2 rings (SSSR count). The molecule has 0 aromatic rings. The number of rotatable bonds is 2. The molecule has 2 fully saturated rings. The molecule has 88 valence electrons. The maximum absolute atomic E-state index is 11.1. The normalized spacial score (nSPS) is 30.9. The zero-order valence-electron chi connectivity index (χ0n) is 8.95. The van der Waals surface area contributed by atoms with Gasteiger partial charge in [-0.05, 0) is 32.4 Å². The molecule has 2 aliphatic rings. The molecule has 6 heteroatoms. The van der Waals surface area contributed by atoms with Crippen LogP contribution in [-0.4, -0.2) is 46.0 Å². The highest BCUT2D eigenvalue weighted by Crippen LogP contribution is 2.33. The molecule has 2 heterocycles. The van der Waals surface area contributed by atoms with Gasteiger partial charge in [0.1, 0.15) is 0 Å². The Hall–Kier alpha value is -0.170. The van der Waals surface area contributed by atoms with Crippen LogP contribution in [0.3, 0.4) is 0 Å². The van der Waals surface area contributed by atoms with Gasteiger partial charge in [-0.3, -0.25) is 0 Å². The molecule has 0 aromatic heterocycles. The van der Waals surface area contributed by atoms with Gasteiger partial charge in [-0.15, -0.1) is 0 Å². The van der Waals surface area contributed by atoms with Gasteiger partial charge in [0, 0.05) is 6.04 Å². The van der Waals surface area contributed by atoms with Gasteiger partial charge in [0.05, 0.1) is 18.5 Å². The lowest BCUT2D eigenvalue weighted by Gasteiger charge is -2.32. The summed E-state index contributed by atoms with van der Waals surface area (Å²) in [6, 6.07) is -0.0434. The van der Waals surface area contributed by atoms with Gasteiger partial charge >= 0.3 is 0 Å². The summed E-state index contributed by atoms with van der Waals surface area (Å²) in [5.74, 6) is 0. The third kappa shape index (κ3) is 2.90. The van der Waals surface area contributed by atoms with Gasteiger partial charge in [-0.25, -0.2) is 13.1 Å². The minimum Gasteiger partial charge on any atom is -0.373 e. The zero-order chi connectivity index (χ0) is 10.9. The molecule has 2 N–H and O–H groups in total. The van der Waals surface area contributed by atoms with Gasteiger partial charge in [0.25, 0.3) is 0 Å². The average Bonchev–Trinajstić information content (AvgIpc) is 2.47. The molecule has 2 saturated heterocycles. The molecule has 0 radical (unpaired) electrons. The summed E-state index contributed by atoms with van der Waals surface area (Å²) in [4.78, 5) is 0. The van der Waals surface area contributed by atoms with E-state index < -0.39 is 10.0 Å². The molecule has 5 nitrogen and oxygen atoms in total. The van der Waals surface area contributed by atoms with E-state index in [2.05, 4.69) is 10.0 Å². The quantitative estimate of drug-likeness (QED) is 0.672. The van der Waals surface area contributed by atoms with E-state index in [1.54, 1.807) is 0 Å². The Morgan fingerprint density at radius 3 is 2.67 bits per heavy atom. The van der Waals surface area contributed by atoms with Crippen LogP contribution >= 0.6 is 0 Å². The molecule has 0 amide bonds. The van der Waals surface area contributed by atoms with Crippen molar-refractivity contribution >= 4 is 10.0 Å². The minimum atomic E-state index is -3.11. The lowest BCUT2D eigenvalue weighted by atomic mass is 9.88. The predicted octanol–water partition coefficient (Wildman–Crippen LogP) is -0.553. The standard InChI is InChI=1S/C9H18N2O3S/c1-15(12,13)11-8-6-9(14-7-8)2-4-10-5-3-9/h8,10-11H,2-7H2,1H3/t8-/m1/s1. The summed E-state index contributed by atoms with van der Waals surface area (Å²) in [6.07, 6.45) is 3.96. The van der Waals surface area contributed by atoms with Crippen molar-refractivity contribution < 1.29 is 13.2 Å². The summed E-state index contributed by atoms with van der Waals surface area (Å²) in [7, 11) is -3.11. The molecule has 0 aliphatic carbocycles. The predicted molar refractivity (Wildman–Crippen MR) is 57.2 cm³/mol. The summed E-state index contributed by atoms with van der Waals surface area (Å²) < 4.78 is 30.5. The van der Waals surface area contributed by atoms with Crippen LogP contribution in [0.2, 0.25) is 0 Å². The zero-order valence-corrected chi connectivity index (χ0v) is 9.77. The van der Waals surface area contributed by atoms with E-state index in [9.17, 15) is 8.42 Å². The Morgan fingerprint density at radius 2 is 2.07 bits per heavy atom. The number of hydrogen-bond acceptors (Lipinski definition) is 4. The molecule has 0 saturated carbocycles. The van der Waals surface area contributed by atoms with E-state index in [4.69, 9.17) is 4.74 Å². The Kier molecular flexibility index (Phi) is 3.03. The van der Waals surface area contributed by atoms with Crippen LogP contribution in [0, 0.1) is 0 Å². The van der Waals surface area contributed by atoms with Crippen LogP contribution in [0.1, 0.15) is 19.3 Å². The molecule has 0 unspecified atom stereocenters. The fourth-order valence-electron chi connectivity index (χ4n) is 2.45. The van der Waals surface area contributed by atoms with Gasteiger partial charge in [0.2, 0.25) is 10.0 Å². The van der Waals surface area contributed by atoms with Crippen molar-refractivity contribution in [3.8, 4) is 0 Å². The van der Waals surface area contributed by atoms with Crippen molar-refractivity contribution in [1.29, 1.82) is 0 Å². The highest BCUT2D eigenvalue weighted by molar-refractivity contribution is 7.88. The van der Waals surface area contributed by atoms with E-state index >= 15 is 0 Å². The van der Waals surface area contributed by atoms with Crippen LogP contribution in [0.25, 0.3) is 0 Å². The van der Waals surface area contributed by atoms with Gasteiger partial charge < -0.3 is 10.1 Å². The summed E-state index contributed by atoms with van der Waals surface area (Å²) in [5.41, 5.74) is -0.0758. The topological polar surface area (TPSA) is 67.4 Å². The van der Waals surface area contributed by atoms with Gasteiger partial charge in [-0.2, -0.15) is 0 Å². The van der Waals surface area contributed by atoms with Crippen molar-refractivity contribution in [2.45, 2.75) is 30.9 Å². The summed E-state index contributed by atoms with van der Waals surface area (Å²) in [5, 5.41) is 3.28. The molecule has 0 bridgehead atoms. The maximum Gasteiger partial charge on any atom is 0.209 e. The fourth-order valence-corrected chi connectivity index (χ4v) is 3.21. The molecule has 2 aliphatic heterocycles. The lowest BCUT2D eigenvalue weighted by Crippen LogP contribution is -2.42. The van der Waals surface area contributed by atoms with E-state index in [0.717, 1.165) is 32.4 Å². The van der Waals surface area contributed by atoms with Gasteiger partial charge in [0.15, 0.2) is 0 Å². The lowest BCUT2D eigenvalue weighted by molar-refractivity contribution is -0.0193. The number of hydrogen-bond donors (Lipinski definition) is 2. The maximum atomic E-state index is 11.1. The van der Waals surface area contributed by atoms with Crippen LogP contribution < -0.4 is 10.0 Å². The number of ether oxygens (including phenoxy) is 1. The van der Waals surface area contributed by atoms with Crippen LogP contribution in [-0.2, 0) is 14.8 Å². The second kappa shape index (κ2) is 4.01. The Balaban J connectivity index is 1.93. The molecule has 0 aromatic carbocycles. The first-order valence-electron chi connectivity index (χ1n) is 5.31. The minimum absolute atomic E-state index is 0.0434. The second-order valence-electron chi connectivity index (χ2n) is 4.54. The summed E-state index contributed by atoms with van der Waals surface area (Å²) in [6.45, 7) is 2.43. The van der Waals surface area contributed by atoms with Crippen molar-refractivity contribution in [3.05, 3.63) is 0 Å². The molecule has 1 spiro atoms. The van der Waals surface area contributed by atoms with Crippen molar-refractivity contribution in [3.63, 3.8) is 0 Å². The first-order valence-corrected chi connectivity index (χ1v) is 7.20. The van der Waals surface area contributed by atoms with Crippen molar-refractivity contribution in [2.24, 2.45) is 0 Å². The number of nitrogens with one attached hydrogen (secondary N) is 2. The summed E-state index contributed by atoms with van der Waals surface area (Å²) >= 11 is 0. The fraction of sp³-hybridized carbons (Fsp3) is 1.00. The van der Waals surface area contributed by atoms with Crippen molar-refractivity contribution in [2.75, 3.05) is 26.0 Å². The van der Waals surface area contributed by atoms with E-state index in [1.165, 1.54) is 6.26 Å². The molecular formula is C9H18N2O3S.